The first-order chi connectivity index (χ1) is 5.76. The number of carboxylic acid groups (broad SMARTS) is 1. The van der Waals surface area contributed by atoms with E-state index in [1.807, 2.05) is 20.8 Å². The van der Waals surface area contributed by atoms with E-state index in [4.69, 9.17) is 5.11 Å². The van der Waals surface area contributed by atoms with Crippen molar-refractivity contribution in [3.63, 3.8) is 0 Å². The van der Waals surface area contributed by atoms with Crippen molar-refractivity contribution < 1.29 is 14.5 Å². The average molecular weight is 205 g/mol. The standard InChI is InChI=1S/C8H15NO3S/c1-5-6(7(10)11)9(5)13(12)8(2,3)4/h5-6H,1-4H3,(H,10,11)/t5-,6-,9?,13?/m1/s1. The minimum atomic E-state index is -1.21. The molecule has 76 valence electrons. The fourth-order valence-corrected chi connectivity index (χ4v) is 2.68. The minimum Gasteiger partial charge on any atom is -0.597 e. The third-order valence-corrected chi connectivity index (χ3v) is 4.00. The summed E-state index contributed by atoms with van der Waals surface area (Å²) in [6.45, 7) is 7.30. The molecule has 1 aliphatic heterocycles. The van der Waals surface area contributed by atoms with Crippen LogP contribution in [0.15, 0.2) is 0 Å². The lowest BCUT2D eigenvalue weighted by Gasteiger charge is -2.24. The molecule has 0 bridgehead atoms. The van der Waals surface area contributed by atoms with Gasteiger partial charge in [0.25, 0.3) is 0 Å². The Morgan fingerprint density at radius 1 is 1.54 bits per heavy atom. The van der Waals surface area contributed by atoms with Crippen molar-refractivity contribution in [1.82, 2.24) is 4.31 Å². The van der Waals surface area contributed by atoms with Crippen molar-refractivity contribution in [2.45, 2.75) is 44.5 Å². The van der Waals surface area contributed by atoms with E-state index >= 15 is 0 Å². The van der Waals surface area contributed by atoms with Gasteiger partial charge in [0.05, 0.1) is 6.04 Å². The van der Waals surface area contributed by atoms with Gasteiger partial charge >= 0.3 is 5.97 Å². The molecule has 4 atom stereocenters. The smallest absolute Gasteiger partial charge is 0.327 e. The zero-order valence-corrected chi connectivity index (χ0v) is 9.09. The predicted octanol–water partition coefficient (Wildman–Crippen LogP) is 0.606. The summed E-state index contributed by atoms with van der Waals surface area (Å²) in [6, 6.07) is -0.655. The largest absolute Gasteiger partial charge is 0.597 e. The van der Waals surface area contributed by atoms with Gasteiger partial charge in [-0.15, -0.1) is 4.31 Å². The average Bonchev–Trinajstić information content (AvgIpc) is 2.57. The van der Waals surface area contributed by atoms with Crippen molar-refractivity contribution >= 4 is 17.3 Å². The van der Waals surface area contributed by atoms with Crippen LogP contribution in [0.5, 0.6) is 0 Å². The van der Waals surface area contributed by atoms with Crippen molar-refractivity contribution in [1.29, 1.82) is 0 Å². The van der Waals surface area contributed by atoms with Crippen LogP contribution in [0.3, 0.4) is 0 Å². The third-order valence-electron chi connectivity index (χ3n) is 2.01. The molecule has 2 unspecified atom stereocenters. The first-order valence-corrected chi connectivity index (χ1v) is 5.30. The fourth-order valence-electron chi connectivity index (χ4n) is 1.21. The monoisotopic (exact) mass is 205 g/mol. The summed E-state index contributed by atoms with van der Waals surface area (Å²) in [4.78, 5) is 10.6. The van der Waals surface area contributed by atoms with Gasteiger partial charge in [-0.25, -0.2) is 0 Å². The molecule has 1 heterocycles. The van der Waals surface area contributed by atoms with Crippen LogP contribution < -0.4 is 0 Å². The summed E-state index contributed by atoms with van der Waals surface area (Å²) < 4.78 is 12.9. The van der Waals surface area contributed by atoms with Gasteiger partial charge in [-0.05, 0) is 27.7 Å². The quantitative estimate of drug-likeness (QED) is 0.530. The van der Waals surface area contributed by atoms with Crippen LogP contribution in [-0.4, -0.2) is 36.8 Å². The molecule has 0 amide bonds. The van der Waals surface area contributed by atoms with Crippen LogP contribution >= 0.6 is 0 Å². The molecule has 4 nitrogen and oxygen atoms in total. The molecule has 1 fully saturated rings. The zero-order chi connectivity index (χ0) is 10.4. The molecular formula is C8H15NO3S. The lowest BCUT2D eigenvalue weighted by atomic mass is 10.3. The van der Waals surface area contributed by atoms with Crippen LogP contribution in [0.1, 0.15) is 27.7 Å². The Hall–Kier alpha value is -0.260. The van der Waals surface area contributed by atoms with E-state index < -0.39 is 23.4 Å². The molecule has 0 spiro atoms. The highest BCUT2D eigenvalue weighted by Crippen LogP contribution is 2.37. The molecule has 5 heteroatoms. The van der Waals surface area contributed by atoms with Crippen molar-refractivity contribution in [3.8, 4) is 0 Å². The molecule has 1 N–H and O–H groups in total. The maximum absolute atomic E-state index is 11.7. The summed E-state index contributed by atoms with van der Waals surface area (Å²) in [5.41, 5.74) is 0. The molecule has 1 rings (SSSR count). The lowest BCUT2D eigenvalue weighted by Crippen LogP contribution is -2.35. The maximum Gasteiger partial charge on any atom is 0.327 e. The Bertz CT molecular complexity index is 226. The Balaban J connectivity index is 2.63. The molecular weight excluding hydrogens is 190 g/mol. The molecule has 0 radical (unpaired) electrons. The van der Waals surface area contributed by atoms with Crippen LogP contribution in [-0.2, 0) is 16.2 Å². The Kier molecular flexibility index (Phi) is 2.62. The van der Waals surface area contributed by atoms with E-state index in [9.17, 15) is 9.35 Å². The highest BCUT2D eigenvalue weighted by molar-refractivity contribution is 7.90. The van der Waals surface area contributed by atoms with Gasteiger partial charge in [-0.2, -0.15) is 0 Å². The van der Waals surface area contributed by atoms with E-state index in [1.54, 1.807) is 6.92 Å². The summed E-state index contributed by atoms with van der Waals surface area (Å²) in [5, 5.41) is 8.73. The SMILES string of the molecule is C[C@@H]1[C@H](C(=O)O)N1[S+]([O-])C(C)(C)C. The Morgan fingerprint density at radius 3 is 2.23 bits per heavy atom. The molecule has 0 aromatic rings. The second kappa shape index (κ2) is 3.15. The van der Waals surface area contributed by atoms with E-state index in [-0.39, 0.29) is 10.8 Å². The van der Waals surface area contributed by atoms with Crippen LogP contribution in [0.4, 0.5) is 0 Å². The number of carboxylic acids is 1. The molecule has 1 aliphatic rings. The molecule has 1 saturated heterocycles. The van der Waals surface area contributed by atoms with Gasteiger partial charge in [0, 0.05) is 11.4 Å². The van der Waals surface area contributed by atoms with E-state index in [0.717, 1.165) is 0 Å². The van der Waals surface area contributed by atoms with Gasteiger partial charge in [0.2, 0.25) is 0 Å². The number of aliphatic carboxylic acids is 1. The van der Waals surface area contributed by atoms with E-state index in [1.165, 1.54) is 4.31 Å². The maximum atomic E-state index is 11.7. The number of hydrogen-bond donors (Lipinski definition) is 1. The number of carbonyl (C=O) groups is 1. The van der Waals surface area contributed by atoms with E-state index in [2.05, 4.69) is 0 Å². The second-order valence-electron chi connectivity index (χ2n) is 4.25. The summed E-state index contributed by atoms with van der Waals surface area (Å²) in [5.74, 6) is -0.884. The third kappa shape index (κ3) is 1.98. The highest BCUT2D eigenvalue weighted by Gasteiger charge is 2.60. The predicted molar refractivity (Wildman–Crippen MR) is 50.6 cm³/mol. The van der Waals surface area contributed by atoms with Gasteiger partial charge in [0.15, 0.2) is 6.04 Å². The number of hydrogen-bond acceptors (Lipinski definition) is 3. The topological polar surface area (TPSA) is 63.4 Å². The fraction of sp³-hybridized carbons (Fsp3) is 0.875. The summed E-state index contributed by atoms with van der Waals surface area (Å²) >= 11 is -1.21. The summed E-state index contributed by atoms with van der Waals surface area (Å²) in [7, 11) is 0. The second-order valence-corrected chi connectivity index (χ2v) is 6.39. The Labute approximate surface area is 81.2 Å². The van der Waals surface area contributed by atoms with Gasteiger partial charge in [-0.1, -0.05) is 0 Å². The first-order valence-electron chi connectivity index (χ1n) is 4.20. The van der Waals surface area contributed by atoms with E-state index in [0.29, 0.717) is 0 Å². The zero-order valence-electron chi connectivity index (χ0n) is 8.27. The van der Waals surface area contributed by atoms with Crippen molar-refractivity contribution in [3.05, 3.63) is 0 Å². The Morgan fingerprint density at radius 2 is 2.00 bits per heavy atom. The van der Waals surface area contributed by atoms with Crippen LogP contribution in [0.2, 0.25) is 0 Å². The minimum absolute atomic E-state index is 0.0995. The summed E-state index contributed by atoms with van der Waals surface area (Å²) in [6.07, 6.45) is 0. The van der Waals surface area contributed by atoms with Gasteiger partial charge < -0.3 is 9.66 Å². The molecule has 13 heavy (non-hydrogen) atoms. The van der Waals surface area contributed by atoms with Gasteiger partial charge in [-0.3, -0.25) is 4.79 Å². The van der Waals surface area contributed by atoms with Crippen molar-refractivity contribution in [2.24, 2.45) is 0 Å². The van der Waals surface area contributed by atoms with Crippen LogP contribution in [0, 0.1) is 0 Å². The van der Waals surface area contributed by atoms with Crippen LogP contribution in [0.25, 0.3) is 0 Å². The highest BCUT2D eigenvalue weighted by atomic mass is 32.2. The molecule has 0 aromatic heterocycles. The van der Waals surface area contributed by atoms with Crippen molar-refractivity contribution in [2.75, 3.05) is 0 Å². The lowest BCUT2D eigenvalue weighted by molar-refractivity contribution is -0.136. The first kappa shape index (κ1) is 10.8. The normalized spacial score (nSPS) is 35.6. The molecule has 0 aliphatic carbocycles. The molecule has 0 aromatic carbocycles. The number of nitrogens with zero attached hydrogens (tertiary/aromatic N) is 1. The van der Waals surface area contributed by atoms with Gasteiger partial charge in [0.1, 0.15) is 4.75 Å². The molecule has 0 saturated carbocycles. The number of rotatable bonds is 2.